The molecule has 0 spiro atoms. The summed E-state index contributed by atoms with van der Waals surface area (Å²) >= 11 is 5.97. The maximum Gasteiger partial charge on any atom is 0.254 e. The molecule has 0 fully saturated rings. The summed E-state index contributed by atoms with van der Waals surface area (Å²) < 4.78 is 0. The van der Waals surface area contributed by atoms with Crippen LogP contribution in [0.2, 0.25) is 5.02 Å². The van der Waals surface area contributed by atoms with E-state index in [4.69, 9.17) is 17.3 Å². The van der Waals surface area contributed by atoms with E-state index in [0.717, 1.165) is 25.8 Å². The van der Waals surface area contributed by atoms with E-state index in [0.29, 0.717) is 16.3 Å². The molecule has 4 heteroatoms. The van der Waals surface area contributed by atoms with E-state index < -0.39 is 0 Å². The Balaban J connectivity index is 2.83. The van der Waals surface area contributed by atoms with Gasteiger partial charge in [-0.1, -0.05) is 31.4 Å². The average Bonchev–Trinajstić information content (AvgIpc) is 2.37. The maximum atomic E-state index is 12.5. The van der Waals surface area contributed by atoms with Crippen LogP contribution in [0.3, 0.4) is 0 Å². The average molecular weight is 283 g/mol. The third-order valence-corrected chi connectivity index (χ3v) is 3.46. The molecular formula is C15H23ClN2O. The van der Waals surface area contributed by atoms with Gasteiger partial charge in [0.05, 0.1) is 10.7 Å². The number of hydrogen-bond acceptors (Lipinski definition) is 2. The normalized spacial score (nSPS) is 10.8. The molecule has 1 aromatic carbocycles. The van der Waals surface area contributed by atoms with Crippen molar-refractivity contribution in [2.45, 2.75) is 46.1 Å². The molecular weight excluding hydrogens is 260 g/mol. The Bertz CT molecular complexity index is 432. The standard InChI is InChI=1S/C15H23ClN2O/c1-4-5-6-9-18(11(2)3)15(19)12-7-8-14(17)13(16)10-12/h7-8,10-11H,4-6,9,17H2,1-3H3. The molecule has 0 bridgehead atoms. The molecule has 0 radical (unpaired) electrons. The number of carbonyl (C=O) groups excluding carboxylic acids is 1. The van der Waals surface area contributed by atoms with Crippen LogP contribution in [0.15, 0.2) is 18.2 Å². The summed E-state index contributed by atoms with van der Waals surface area (Å²) in [6.45, 7) is 7.00. The zero-order valence-electron chi connectivity index (χ0n) is 11.9. The summed E-state index contributed by atoms with van der Waals surface area (Å²) in [7, 11) is 0. The number of amides is 1. The number of unbranched alkanes of at least 4 members (excludes halogenated alkanes) is 2. The molecule has 19 heavy (non-hydrogen) atoms. The predicted octanol–water partition coefficient (Wildman–Crippen LogP) is 3.96. The monoisotopic (exact) mass is 282 g/mol. The molecule has 1 aromatic rings. The second-order valence-electron chi connectivity index (χ2n) is 5.04. The minimum absolute atomic E-state index is 0.0213. The predicted molar refractivity (Wildman–Crippen MR) is 81.6 cm³/mol. The number of benzene rings is 1. The lowest BCUT2D eigenvalue weighted by Gasteiger charge is -2.27. The number of carbonyl (C=O) groups is 1. The van der Waals surface area contributed by atoms with Crippen molar-refractivity contribution < 1.29 is 4.79 Å². The summed E-state index contributed by atoms with van der Waals surface area (Å²) in [5.41, 5.74) is 6.77. The molecule has 1 amide bonds. The van der Waals surface area contributed by atoms with Crippen LogP contribution in [0.1, 0.15) is 50.4 Å². The van der Waals surface area contributed by atoms with E-state index in [1.807, 2.05) is 18.7 Å². The smallest absolute Gasteiger partial charge is 0.254 e. The first-order valence-electron chi connectivity index (χ1n) is 6.83. The first kappa shape index (κ1) is 15.8. The number of nitrogen functional groups attached to an aromatic ring is 1. The lowest BCUT2D eigenvalue weighted by molar-refractivity contribution is 0.0702. The van der Waals surface area contributed by atoms with Crippen molar-refractivity contribution in [1.82, 2.24) is 4.90 Å². The van der Waals surface area contributed by atoms with Gasteiger partial charge in [0.2, 0.25) is 0 Å². The van der Waals surface area contributed by atoms with Crippen LogP contribution in [0.5, 0.6) is 0 Å². The molecule has 0 atom stereocenters. The van der Waals surface area contributed by atoms with Gasteiger partial charge in [-0.15, -0.1) is 0 Å². The third kappa shape index (κ3) is 4.43. The summed E-state index contributed by atoms with van der Waals surface area (Å²) in [4.78, 5) is 14.4. The zero-order valence-corrected chi connectivity index (χ0v) is 12.7. The first-order valence-corrected chi connectivity index (χ1v) is 7.21. The molecule has 106 valence electrons. The zero-order chi connectivity index (χ0) is 14.4. The topological polar surface area (TPSA) is 46.3 Å². The minimum Gasteiger partial charge on any atom is -0.398 e. The Hall–Kier alpha value is -1.22. The number of anilines is 1. The van der Waals surface area contributed by atoms with Gasteiger partial charge < -0.3 is 10.6 Å². The second-order valence-corrected chi connectivity index (χ2v) is 5.44. The highest BCUT2D eigenvalue weighted by molar-refractivity contribution is 6.33. The van der Waals surface area contributed by atoms with Crippen molar-refractivity contribution in [3.63, 3.8) is 0 Å². The van der Waals surface area contributed by atoms with Gasteiger partial charge in [0.15, 0.2) is 0 Å². The Morgan fingerprint density at radius 2 is 2.05 bits per heavy atom. The Morgan fingerprint density at radius 1 is 1.37 bits per heavy atom. The van der Waals surface area contributed by atoms with E-state index in [9.17, 15) is 4.79 Å². The molecule has 0 heterocycles. The van der Waals surface area contributed by atoms with Gasteiger partial charge >= 0.3 is 0 Å². The van der Waals surface area contributed by atoms with Gasteiger partial charge in [0.1, 0.15) is 0 Å². The van der Waals surface area contributed by atoms with Crippen molar-refractivity contribution >= 4 is 23.2 Å². The van der Waals surface area contributed by atoms with E-state index >= 15 is 0 Å². The fourth-order valence-electron chi connectivity index (χ4n) is 1.95. The van der Waals surface area contributed by atoms with Crippen LogP contribution in [0.4, 0.5) is 5.69 Å². The first-order chi connectivity index (χ1) is 8.97. The summed E-state index contributed by atoms with van der Waals surface area (Å²) in [6, 6.07) is 5.24. The minimum atomic E-state index is 0.0213. The highest BCUT2D eigenvalue weighted by Gasteiger charge is 2.18. The highest BCUT2D eigenvalue weighted by atomic mass is 35.5. The molecule has 0 aliphatic heterocycles. The fraction of sp³-hybridized carbons (Fsp3) is 0.533. The highest BCUT2D eigenvalue weighted by Crippen LogP contribution is 2.21. The van der Waals surface area contributed by atoms with Crippen LogP contribution in [0, 0.1) is 0 Å². The van der Waals surface area contributed by atoms with E-state index in [2.05, 4.69) is 6.92 Å². The van der Waals surface area contributed by atoms with Crippen LogP contribution in [-0.2, 0) is 0 Å². The largest absolute Gasteiger partial charge is 0.398 e. The van der Waals surface area contributed by atoms with E-state index in [1.54, 1.807) is 18.2 Å². The van der Waals surface area contributed by atoms with Crippen molar-refractivity contribution in [2.24, 2.45) is 0 Å². The lowest BCUT2D eigenvalue weighted by atomic mass is 10.1. The summed E-state index contributed by atoms with van der Waals surface area (Å²) in [5, 5.41) is 0.433. The van der Waals surface area contributed by atoms with Gasteiger partial charge in [-0.25, -0.2) is 0 Å². The molecule has 0 aliphatic carbocycles. The third-order valence-electron chi connectivity index (χ3n) is 3.13. The lowest BCUT2D eigenvalue weighted by Crippen LogP contribution is -2.37. The fourth-order valence-corrected chi connectivity index (χ4v) is 2.13. The van der Waals surface area contributed by atoms with Crippen molar-refractivity contribution in [2.75, 3.05) is 12.3 Å². The van der Waals surface area contributed by atoms with Gasteiger partial charge in [0.25, 0.3) is 5.91 Å². The van der Waals surface area contributed by atoms with E-state index in [-0.39, 0.29) is 11.9 Å². The Morgan fingerprint density at radius 3 is 2.58 bits per heavy atom. The maximum absolute atomic E-state index is 12.5. The van der Waals surface area contributed by atoms with Gasteiger partial charge in [0, 0.05) is 18.2 Å². The molecule has 2 N–H and O–H groups in total. The number of rotatable bonds is 6. The van der Waals surface area contributed by atoms with Crippen LogP contribution < -0.4 is 5.73 Å². The second kappa shape index (κ2) is 7.39. The van der Waals surface area contributed by atoms with Crippen molar-refractivity contribution in [3.8, 4) is 0 Å². The quantitative estimate of drug-likeness (QED) is 0.634. The van der Waals surface area contributed by atoms with Gasteiger partial charge in [-0.3, -0.25) is 4.79 Å². The summed E-state index contributed by atoms with van der Waals surface area (Å²) in [5.74, 6) is 0.0213. The van der Waals surface area contributed by atoms with Crippen LogP contribution >= 0.6 is 11.6 Å². The molecule has 0 aromatic heterocycles. The molecule has 1 rings (SSSR count). The number of halogens is 1. The van der Waals surface area contributed by atoms with Crippen LogP contribution in [0.25, 0.3) is 0 Å². The van der Waals surface area contributed by atoms with E-state index in [1.165, 1.54) is 0 Å². The van der Waals surface area contributed by atoms with Crippen LogP contribution in [-0.4, -0.2) is 23.4 Å². The molecule has 0 saturated heterocycles. The van der Waals surface area contributed by atoms with Gasteiger partial charge in [-0.2, -0.15) is 0 Å². The van der Waals surface area contributed by atoms with Gasteiger partial charge in [-0.05, 0) is 38.5 Å². The molecule has 0 aliphatic rings. The summed E-state index contributed by atoms with van der Waals surface area (Å²) in [6.07, 6.45) is 3.32. The Kier molecular flexibility index (Phi) is 6.16. The van der Waals surface area contributed by atoms with Crippen molar-refractivity contribution in [3.05, 3.63) is 28.8 Å². The molecule has 0 unspecified atom stereocenters. The molecule has 0 saturated carbocycles. The number of nitrogens with two attached hydrogens (primary N) is 1. The Labute approximate surface area is 120 Å². The van der Waals surface area contributed by atoms with Crippen molar-refractivity contribution in [1.29, 1.82) is 0 Å². The number of hydrogen-bond donors (Lipinski definition) is 1. The molecule has 3 nitrogen and oxygen atoms in total. The number of nitrogens with zero attached hydrogens (tertiary/aromatic N) is 1. The SMILES string of the molecule is CCCCCN(C(=O)c1ccc(N)c(Cl)c1)C(C)C.